The van der Waals surface area contributed by atoms with Crippen LogP contribution in [-0.4, -0.2) is 37.2 Å². The van der Waals surface area contributed by atoms with E-state index in [1.165, 1.54) is 12.8 Å². The van der Waals surface area contributed by atoms with Crippen molar-refractivity contribution in [1.82, 2.24) is 10.6 Å². The molecule has 0 radical (unpaired) electrons. The Morgan fingerprint density at radius 3 is 2.82 bits per heavy atom. The van der Waals surface area contributed by atoms with Gasteiger partial charge in [0.05, 0.1) is 6.10 Å². The lowest BCUT2D eigenvalue weighted by atomic mass is 10.0. The maximum absolute atomic E-state index is 11.4. The van der Waals surface area contributed by atoms with Crippen LogP contribution in [0.25, 0.3) is 0 Å². The van der Waals surface area contributed by atoms with Crippen molar-refractivity contribution in [2.45, 2.75) is 63.6 Å². The van der Waals surface area contributed by atoms with Gasteiger partial charge >= 0.3 is 0 Å². The summed E-state index contributed by atoms with van der Waals surface area (Å²) < 4.78 is 5.50. The Kier molecular flexibility index (Phi) is 4.80. The van der Waals surface area contributed by atoms with E-state index in [1.807, 2.05) is 0 Å². The largest absolute Gasteiger partial charge is 0.378 e. The second kappa shape index (κ2) is 6.36. The topological polar surface area (TPSA) is 50.4 Å². The molecular weight excluding hydrogens is 216 g/mol. The first-order valence-electron chi connectivity index (χ1n) is 6.88. The lowest BCUT2D eigenvalue weighted by Gasteiger charge is -2.28. The van der Waals surface area contributed by atoms with Gasteiger partial charge in [-0.05, 0) is 45.6 Å². The maximum Gasteiger partial charge on any atom is 0.220 e. The van der Waals surface area contributed by atoms with Crippen LogP contribution in [0.3, 0.4) is 0 Å². The number of hydrogen-bond acceptors (Lipinski definition) is 3. The molecule has 1 heterocycles. The van der Waals surface area contributed by atoms with Crippen molar-refractivity contribution in [3.63, 3.8) is 0 Å². The Hall–Kier alpha value is -0.610. The molecule has 4 heteroatoms. The lowest BCUT2D eigenvalue weighted by Crippen LogP contribution is -2.38. The number of nitrogens with one attached hydrogen (secondary N) is 2. The Morgan fingerprint density at radius 2 is 2.12 bits per heavy atom. The van der Waals surface area contributed by atoms with Gasteiger partial charge in [0.1, 0.15) is 0 Å². The molecule has 4 nitrogen and oxygen atoms in total. The van der Waals surface area contributed by atoms with Crippen molar-refractivity contribution in [3.8, 4) is 0 Å². The summed E-state index contributed by atoms with van der Waals surface area (Å²) in [6.45, 7) is 3.92. The molecule has 0 aromatic heterocycles. The van der Waals surface area contributed by atoms with Crippen molar-refractivity contribution >= 4 is 5.91 Å². The van der Waals surface area contributed by atoms with Crippen LogP contribution < -0.4 is 10.6 Å². The van der Waals surface area contributed by atoms with Crippen LogP contribution in [0.4, 0.5) is 0 Å². The molecule has 1 amide bonds. The summed E-state index contributed by atoms with van der Waals surface area (Å²) >= 11 is 0. The van der Waals surface area contributed by atoms with E-state index in [0.29, 0.717) is 24.6 Å². The van der Waals surface area contributed by atoms with Crippen LogP contribution in [0.5, 0.6) is 0 Å². The van der Waals surface area contributed by atoms with E-state index in [9.17, 15) is 4.79 Å². The van der Waals surface area contributed by atoms with Crippen LogP contribution in [0.15, 0.2) is 0 Å². The van der Waals surface area contributed by atoms with Crippen molar-refractivity contribution in [3.05, 3.63) is 0 Å². The molecule has 2 fully saturated rings. The zero-order chi connectivity index (χ0) is 12.1. The van der Waals surface area contributed by atoms with Crippen molar-refractivity contribution < 1.29 is 9.53 Å². The standard InChI is InChI=1S/C13H24N2O2/c1-10-9-12(6-8-17-10)14-7-2-3-13(16)15-11-4-5-11/h10-12,14H,2-9H2,1H3,(H,15,16). The molecule has 17 heavy (non-hydrogen) atoms. The fourth-order valence-corrected chi connectivity index (χ4v) is 2.27. The van der Waals surface area contributed by atoms with Crippen molar-refractivity contribution in [2.24, 2.45) is 0 Å². The van der Waals surface area contributed by atoms with Gasteiger partial charge in [0, 0.05) is 25.1 Å². The van der Waals surface area contributed by atoms with Crippen LogP contribution in [0.2, 0.25) is 0 Å². The zero-order valence-corrected chi connectivity index (χ0v) is 10.7. The molecule has 2 atom stereocenters. The quantitative estimate of drug-likeness (QED) is 0.686. The molecule has 2 unspecified atom stereocenters. The summed E-state index contributed by atoms with van der Waals surface area (Å²) in [7, 11) is 0. The minimum absolute atomic E-state index is 0.217. The highest BCUT2D eigenvalue weighted by Gasteiger charge is 2.23. The first kappa shape index (κ1) is 12.8. The van der Waals surface area contributed by atoms with E-state index < -0.39 is 0 Å². The van der Waals surface area contributed by atoms with Gasteiger partial charge in [-0.25, -0.2) is 0 Å². The second-order valence-corrected chi connectivity index (χ2v) is 5.30. The highest BCUT2D eigenvalue weighted by molar-refractivity contribution is 5.76. The molecule has 0 spiro atoms. The van der Waals surface area contributed by atoms with Gasteiger partial charge < -0.3 is 15.4 Å². The Labute approximate surface area is 103 Å². The van der Waals surface area contributed by atoms with Crippen LogP contribution in [-0.2, 0) is 9.53 Å². The zero-order valence-electron chi connectivity index (χ0n) is 10.7. The van der Waals surface area contributed by atoms with Gasteiger partial charge in [-0.1, -0.05) is 0 Å². The van der Waals surface area contributed by atoms with Gasteiger partial charge in [0.15, 0.2) is 0 Å². The SMILES string of the molecule is CC1CC(NCCCC(=O)NC2CC2)CCO1. The Balaban J connectivity index is 1.48. The number of carbonyl (C=O) groups excluding carboxylic acids is 1. The molecule has 1 aliphatic heterocycles. The van der Waals surface area contributed by atoms with Gasteiger partial charge in [-0.3, -0.25) is 4.79 Å². The third kappa shape index (κ3) is 5.04. The number of amides is 1. The number of hydrogen-bond donors (Lipinski definition) is 2. The van der Waals surface area contributed by atoms with E-state index in [1.54, 1.807) is 0 Å². The van der Waals surface area contributed by atoms with Crippen molar-refractivity contribution in [2.75, 3.05) is 13.2 Å². The Bertz CT molecular complexity index is 254. The highest BCUT2D eigenvalue weighted by atomic mass is 16.5. The highest BCUT2D eigenvalue weighted by Crippen LogP contribution is 2.18. The number of rotatable bonds is 6. The molecule has 0 bridgehead atoms. The van der Waals surface area contributed by atoms with Gasteiger partial charge in [0.2, 0.25) is 5.91 Å². The van der Waals surface area contributed by atoms with Crippen molar-refractivity contribution in [1.29, 1.82) is 0 Å². The predicted molar refractivity (Wildman–Crippen MR) is 66.8 cm³/mol. The minimum Gasteiger partial charge on any atom is -0.378 e. The molecule has 2 N–H and O–H groups in total. The summed E-state index contributed by atoms with van der Waals surface area (Å²) in [6, 6.07) is 1.07. The summed E-state index contributed by atoms with van der Waals surface area (Å²) in [5.41, 5.74) is 0. The summed E-state index contributed by atoms with van der Waals surface area (Å²) in [5.74, 6) is 0.217. The molecule has 1 saturated heterocycles. The molecule has 0 aromatic carbocycles. The van der Waals surface area contributed by atoms with E-state index in [4.69, 9.17) is 4.74 Å². The lowest BCUT2D eigenvalue weighted by molar-refractivity contribution is -0.121. The summed E-state index contributed by atoms with van der Waals surface area (Å²) in [4.78, 5) is 11.4. The van der Waals surface area contributed by atoms with Gasteiger partial charge in [-0.2, -0.15) is 0 Å². The summed E-state index contributed by atoms with van der Waals surface area (Å²) in [5, 5.41) is 6.53. The monoisotopic (exact) mass is 240 g/mol. The molecule has 1 aliphatic carbocycles. The fraction of sp³-hybridized carbons (Fsp3) is 0.923. The van der Waals surface area contributed by atoms with E-state index in [-0.39, 0.29) is 5.91 Å². The van der Waals surface area contributed by atoms with Gasteiger partial charge in [0.25, 0.3) is 0 Å². The fourth-order valence-electron chi connectivity index (χ4n) is 2.27. The van der Waals surface area contributed by atoms with E-state index >= 15 is 0 Å². The van der Waals surface area contributed by atoms with Crippen LogP contribution in [0, 0.1) is 0 Å². The van der Waals surface area contributed by atoms with Crippen LogP contribution >= 0.6 is 0 Å². The first-order chi connectivity index (χ1) is 8.24. The van der Waals surface area contributed by atoms with Crippen LogP contribution in [0.1, 0.15) is 45.4 Å². The molecule has 98 valence electrons. The summed E-state index contributed by atoms with van der Waals surface area (Å²) in [6.07, 6.45) is 6.49. The second-order valence-electron chi connectivity index (χ2n) is 5.30. The number of ether oxygens (including phenoxy) is 1. The molecule has 2 rings (SSSR count). The van der Waals surface area contributed by atoms with E-state index in [2.05, 4.69) is 17.6 Å². The maximum atomic E-state index is 11.4. The van der Waals surface area contributed by atoms with Gasteiger partial charge in [-0.15, -0.1) is 0 Å². The third-order valence-electron chi connectivity index (χ3n) is 3.44. The predicted octanol–water partition coefficient (Wildman–Crippen LogP) is 1.20. The van der Waals surface area contributed by atoms with E-state index in [0.717, 1.165) is 32.4 Å². The smallest absolute Gasteiger partial charge is 0.220 e. The molecule has 1 saturated carbocycles. The average molecular weight is 240 g/mol. The first-order valence-corrected chi connectivity index (χ1v) is 6.88. The average Bonchev–Trinajstić information content (AvgIpc) is 3.08. The normalized spacial score (nSPS) is 29.0. The minimum atomic E-state index is 0.217. The third-order valence-corrected chi connectivity index (χ3v) is 3.44. The Morgan fingerprint density at radius 1 is 1.29 bits per heavy atom. The molecule has 2 aliphatic rings. The number of carbonyl (C=O) groups is 1. The molecule has 0 aromatic rings. The molecular formula is C13H24N2O2.